The van der Waals surface area contributed by atoms with Crippen LogP contribution in [0, 0.1) is 5.92 Å². The Morgan fingerprint density at radius 1 is 1.11 bits per heavy atom. The highest BCUT2D eigenvalue weighted by Crippen LogP contribution is 2.34. The standard InChI is InChI=1S/C20H18Cl2N4S/c21-16-6-2-1-4-13(16)10-14-5-3-7-18-19(14)25-20(26-27-18)24-11-15-8-9-23-12-17(15)22/h1-9,12,15,17H,10-11H2,(H2,24,25,26). The van der Waals surface area contributed by atoms with Gasteiger partial charge >= 0.3 is 0 Å². The zero-order valence-corrected chi connectivity index (χ0v) is 16.7. The van der Waals surface area contributed by atoms with Crippen LogP contribution in [0.4, 0.5) is 5.69 Å². The first-order chi connectivity index (χ1) is 13.2. The van der Waals surface area contributed by atoms with Crippen LogP contribution in [0.25, 0.3) is 0 Å². The van der Waals surface area contributed by atoms with Gasteiger partial charge in [0.15, 0.2) is 0 Å². The molecule has 0 aliphatic carbocycles. The minimum atomic E-state index is -0.126. The highest BCUT2D eigenvalue weighted by atomic mass is 35.5. The van der Waals surface area contributed by atoms with Crippen LogP contribution < -0.4 is 10.0 Å². The first-order valence-corrected chi connectivity index (χ1v) is 10.3. The highest BCUT2D eigenvalue weighted by Gasteiger charge is 2.20. The van der Waals surface area contributed by atoms with E-state index in [1.807, 2.05) is 24.3 Å². The summed E-state index contributed by atoms with van der Waals surface area (Å²) in [5.74, 6) is 0.879. The molecular formula is C20H18Cl2N4S. The maximum atomic E-state index is 6.34. The fourth-order valence-corrected chi connectivity index (χ4v) is 4.17. The second-order valence-electron chi connectivity index (χ2n) is 6.32. The van der Waals surface area contributed by atoms with Gasteiger partial charge in [-0.25, -0.2) is 0 Å². The zero-order chi connectivity index (χ0) is 18.6. The van der Waals surface area contributed by atoms with E-state index < -0.39 is 0 Å². The SMILES string of the molecule is Clc1ccccc1Cc1cccc2c1NC(=NCC1C=CN=CC1Cl)NS2. The van der Waals surface area contributed by atoms with Gasteiger partial charge in [-0.3, -0.25) is 14.7 Å². The average Bonchev–Trinajstić information content (AvgIpc) is 2.69. The van der Waals surface area contributed by atoms with Crippen LogP contribution in [0.5, 0.6) is 0 Å². The van der Waals surface area contributed by atoms with Crippen molar-refractivity contribution in [3.8, 4) is 0 Å². The van der Waals surface area contributed by atoms with Crippen molar-refractivity contribution < 1.29 is 0 Å². The number of benzene rings is 2. The van der Waals surface area contributed by atoms with Gasteiger partial charge in [-0.1, -0.05) is 48.0 Å². The molecule has 2 aliphatic heterocycles. The predicted molar refractivity (Wildman–Crippen MR) is 116 cm³/mol. The summed E-state index contributed by atoms with van der Waals surface area (Å²) in [4.78, 5) is 9.87. The molecule has 0 bridgehead atoms. The number of para-hydroxylation sites is 1. The molecule has 4 nitrogen and oxygen atoms in total. The minimum absolute atomic E-state index is 0.126. The maximum absolute atomic E-state index is 6.34. The number of hydrogen-bond acceptors (Lipinski definition) is 3. The van der Waals surface area contributed by atoms with E-state index in [-0.39, 0.29) is 11.3 Å². The van der Waals surface area contributed by atoms with E-state index in [9.17, 15) is 0 Å². The molecular weight excluding hydrogens is 399 g/mol. The molecule has 2 unspecified atom stereocenters. The Hall–Kier alpha value is -1.95. The summed E-state index contributed by atoms with van der Waals surface area (Å²) in [6.45, 7) is 0.592. The number of guanidine groups is 1. The Bertz CT molecular complexity index is 926. The fourth-order valence-electron chi connectivity index (χ4n) is 2.98. The van der Waals surface area contributed by atoms with Crippen molar-refractivity contribution in [3.05, 3.63) is 70.9 Å². The van der Waals surface area contributed by atoms with Gasteiger partial charge in [-0.05, 0) is 35.2 Å². The molecule has 27 heavy (non-hydrogen) atoms. The molecule has 2 heterocycles. The number of rotatable bonds is 4. The molecule has 138 valence electrons. The number of halogens is 2. The molecule has 4 rings (SSSR count). The maximum Gasteiger partial charge on any atom is 0.206 e. The van der Waals surface area contributed by atoms with E-state index in [1.54, 1.807) is 24.4 Å². The number of alkyl halides is 1. The van der Waals surface area contributed by atoms with E-state index in [4.69, 9.17) is 23.2 Å². The van der Waals surface area contributed by atoms with Crippen LogP contribution in [0.15, 0.2) is 69.6 Å². The fraction of sp³-hybridized carbons (Fsp3) is 0.200. The van der Waals surface area contributed by atoms with Crippen molar-refractivity contribution in [1.82, 2.24) is 4.72 Å². The zero-order valence-electron chi connectivity index (χ0n) is 14.4. The molecule has 2 N–H and O–H groups in total. The van der Waals surface area contributed by atoms with Gasteiger partial charge in [0.2, 0.25) is 5.96 Å². The number of nitrogens with zero attached hydrogens (tertiary/aromatic N) is 2. The van der Waals surface area contributed by atoms with Crippen LogP contribution in [-0.2, 0) is 6.42 Å². The molecule has 0 spiro atoms. The second kappa shape index (κ2) is 8.38. The molecule has 2 aliphatic rings. The molecule has 0 saturated carbocycles. The topological polar surface area (TPSA) is 48.8 Å². The van der Waals surface area contributed by atoms with E-state index in [2.05, 4.69) is 44.3 Å². The Morgan fingerprint density at radius 2 is 1.96 bits per heavy atom. The summed E-state index contributed by atoms with van der Waals surface area (Å²) < 4.78 is 3.26. The number of anilines is 1. The largest absolute Gasteiger partial charge is 0.324 e. The lowest BCUT2D eigenvalue weighted by atomic mass is 10.0. The van der Waals surface area contributed by atoms with Gasteiger partial charge in [0.25, 0.3) is 0 Å². The Labute approximate surface area is 172 Å². The normalized spacial score (nSPS) is 22.2. The molecule has 7 heteroatoms. The van der Waals surface area contributed by atoms with Crippen molar-refractivity contribution in [2.45, 2.75) is 16.7 Å². The average molecular weight is 417 g/mol. The van der Waals surface area contributed by atoms with Crippen molar-refractivity contribution in [2.24, 2.45) is 15.9 Å². The molecule has 2 aromatic rings. The van der Waals surface area contributed by atoms with Crippen LogP contribution in [0.3, 0.4) is 0 Å². The Morgan fingerprint density at radius 3 is 2.81 bits per heavy atom. The third-order valence-corrected chi connectivity index (χ3v) is 6.13. The Balaban J connectivity index is 1.53. The number of hydrogen-bond donors (Lipinski definition) is 2. The number of aliphatic imine (C=N–C) groups is 2. The van der Waals surface area contributed by atoms with Crippen molar-refractivity contribution in [3.63, 3.8) is 0 Å². The van der Waals surface area contributed by atoms with Crippen molar-refractivity contribution in [2.75, 3.05) is 11.9 Å². The predicted octanol–water partition coefficient (Wildman–Crippen LogP) is 5.13. The van der Waals surface area contributed by atoms with Crippen LogP contribution in [-0.4, -0.2) is 24.1 Å². The van der Waals surface area contributed by atoms with Crippen LogP contribution in [0.2, 0.25) is 5.02 Å². The quantitative estimate of drug-likeness (QED) is 0.536. The third-order valence-electron chi connectivity index (χ3n) is 4.47. The van der Waals surface area contributed by atoms with Gasteiger partial charge < -0.3 is 5.32 Å². The number of fused-ring (bicyclic) bond motifs is 1. The lowest BCUT2D eigenvalue weighted by Crippen LogP contribution is -2.31. The van der Waals surface area contributed by atoms with Gasteiger partial charge in [0, 0.05) is 29.8 Å². The smallest absolute Gasteiger partial charge is 0.206 e. The van der Waals surface area contributed by atoms with Gasteiger partial charge in [0.05, 0.1) is 22.5 Å². The Kier molecular flexibility index (Phi) is 5.72. The summed E-state index contributed by atoms with van der Waals surface area (Å²) in [5, 5.41) is 4.09. The summed E-state index contributed by atoms with van der Waals surface area (Å²) in [5.41, 5.74) is 3.36. The molecule has 2 aromatic carbocycles. The molecule has 0 fully saturated rings. The third kappa shape index (κ3) is 4.32. The first-order valence-electron chi connectivity index (χ1n) is 8.64. The van der Waals surface area contributed by atoms with Crippen LogP contribution in [0.1, 0.15) is 11.1 Å². The molecule has 0 aromatic heterocycles. The number of nitrogens with one attached hydrogen (secondary N) is 2. The van der Waals surface area contributed by atoms with Crippen molar-refractivity contribution in [1.29, 1.82) is 0 Å². The summed E-state index contributed by atoms with van der Waals surface area (Å²) in [7, 11) is 0. The lowest BCUT2D eigenvalue weighted by Gasteiger charge is -2.24. The minimum Gasteiger partial charge on any atom is -0.324 e. The molecule has 0 saturated heterocycles. The monoisotopic (exact) mass is 416 g/mol. The van der Waals surface area contributed by atoms with Gasteiger partial charge in [-0.15, -0.1) is 11.6 Å². The van der Waals surface area contributed by atoms with Crippen LogP contribution >= 0.6 is 35.1 Å². The molecule has 0 radical (unpaired) electrons. The first kappa shape index (κ1) is 18.4. The van der Waals surface area contributed by atoms with Crippen molar-refractivity contribution >= 4 is 53.0 Å². The molecule has 2 atom stereocenters. The lowest BCUT2D eigenvalue weighted by molar-refractivity contribution is 0.697. The van der Waals surface area contributed by atoms with Gasteiger partial charge in [0.1, 0.15) is 0 Å². The van der Waals surface area contributed by atoms with E-state index in [1.165, 1.54) is 5.56 Å². The molecule has 0 amide bonds. The van der Waals surface area contributed by atoms with E-state index in [0.29, 0.717) is 6.54 Å². The van der Waals surface area contributed by atoms with Gasteiger partial charge in [-0.2, -0.15) is 0 Å². The van der Waals surface area contributed by atoms with E-state index in [0.717, 1.165) is 33.5 Å². The van der Waals surface area contributed by atoms with E-state index >= 15 is 0 Å². The summed E-state index contributed by atoms with van der Waals surface area (Å²) in [6.07, 6.45) is 6.28. The highest BCUT2D eigenvalue weighted by molar-refractivity contribution is 7.98. The second-order valence-corrected chi connectivity index (χ2v) is 8.08. The summed E-state index contributed by atoms with van der Waals surface area (Å²) >= 11 is 14.2. The summed E-state index contributed by atoms with van der Waals surface area (Å²) in [6, 6.07) is 14.2.